The number of likely N-dealkylation sites (N-methyl/N-ethyl adjacent to an activating group) is 1. The zero-order valence-electron chi connectivity index (χ0n) is 11.0. The average molecular weight is 289 g/mol. The zero-order valence-corrected chi connectivity index (χ0v) is 12.5. The van der Waals surface area contributed by atoms with Crippen molar-refractivity contribution >= 4 is 23.4 Å². The van der Waals surface area contributed by atoms with Crippen LogP contribution in [-0.4, -0.2) is 46.8 Å². The van der Waals surface area contributed by atoms with E-state index in [1.54, 1.807) is 6.20 Å². The van der Waals surface area contributed by atoms with Gasteiger partial charge in [-0.15, -0.1) is 0 Å². The van der Waals surface area contributed by atoms with Crippen molar-refractivity contribution in [2.45, 2.75) is 19.0 Å². The lowest BCUT2D eigenvalue weighted by Gasteiger charge is -2.21. The Bertz CT molecular complexity index is 387. The average Bonchev–Trinajstić information content (AvgIpc) is 2.94. The first-order valence-corrected chi connectivity index (χ1v) is 7.82. The maximum absolute atomic E-state index is 6.38. The molecule has 0 radical (unpaired) electrons. The Hall–Kier alpha value is -0.230. The fraction of sp³-hybridized carbons (Fsp3) is 0.750. The van der Waals surface area contributed by atoms with Gasteiger partial charge in [0.05, 0.1) is 29.5 Å². The Morgan fingerprint density at radius 2 is 2.44 bits per heavy atom. The number of rotatable bonds is 5. The summed E-state index contributed by atoms with van der Waals surface area (Å²) in [5.41, 5.74) is 7.39. The number of thioether (sulfide) groups is 1. The summed E-state index contributed by atoms with van der Waals surface area (Å²) in [5.74, 6) is 2.88. The van der Waals surface area contributed by atoms with Crippen molar-refractivity contribution in [3.63, 3.8) is 0 Å². The van der Waals surface area contributed by atoms with Crippen molar-refractivity contribution in [2.24, 2.45) is 11.7 Å². The predicted octanol–water partition coefficient (Wildman–Crippen LogP) is 1.85. The molecule has 4 nitrogen and oxygen atoms in total. The molecule has 2 atom stereocenters. The van der Waals surface area contributed by atoms with Gasteiger partial charge in [0.2, 0.25) is 0 Å². The molecule has 1 aliphatic heterocycles. The molecule has 1 saturated heterocycles. The Morgan fingerprint density at radius 3 is 3.06 bits per heavy atom. The van der Waals surface area contributed by atoms with E-state index in [0.717, 1.165) is 24.5 Å². The van der Waals surface area contributed by atoms with E-state index in [2.05, 4.69) is 24.1 Å². The van der Waals surface area contributed by atoms with Crippen LogP contribution in [-0.2, 0) is 6.54 Å². The van der Waals surface area contributed by atoms with E-state index < -0.39 is 0 Å². The molecule has 0 amide bonds. The van der Waals surface area contributed by atoms with Gasteiger partial charge in [-0.3, -0.25) is 4.68 Å². The van der Waals surface area contributed by atoms with Crippen molar-refractivity contribution in [1.29, 1.82) is 0 Å². The third-order valence-electron chi connectivity index (χ3n) is 3.38. The van der Waals surface area contributed by atoms with E-state index in [1.807, 2.05) is 16.4 Å². The minimum absolute atomic E-state index is 0.0113. The molecule has 1 fully saturated rings. The van der Waals surface area contributed by atoms with E-state index in [9.17, 15) is 0 Å². The first-order valence-electron chi connectivity index (χ1n) is 6.29. The quantitative estimate of drug-likeness (QED) is 0.898. The monoisotopic (exact) mass is 288 g/mol. The lowest BCUT2D eigenvalue weighted by molar-refractivity contribution is 0.358. The molecule has 0 saturated carbocycles. The lowest BCUT2D eigenvalue weighted by atomic mass is 9.97. The first-order chi connectivity index (χ1) is 8.59. The molecule has 102 valence electrons. The molecule has 0 aliphatic carbocycles. The van der Waals surface area contributed by atoms with Gasteiger partial charge in [-0.2, -0.15) is 16.9 Å². The van der Waals surface area contributed by atoms with Gasteiger partial charge >= 0.3 is 0 Å². The van der Waals surface area contributed by atoms with Gasteiger partial charge in [0.25, 0.3) is 0 Å². The van der Waals surface area contributed by atoms with Crippen LogP contribution < -0.4 is 5.73 Å². The predicted molar refractivity (Wildman–Crippen MR) is 78.2 cm³/mol. The number of nitrogens with zero attached hydrogens (tertiary/aromatic N) is 3. The summed E-state index contributed by atoms with van der Waals surface area (Å²) in [6.07, 6.45) is 2.90. The summed E-state index contributed by atoms with van der Waals surface area (Å²) in [6.45, 7) is 1.78. The summed E-state index contributed by atoms with van der Waals surface area (Å²) < 4.78 is 1.97. The van der Waals surface area contributed by atoms with Crippen LogP contribution in [0.3, 0.4) is 0 Å². The van der Waals surface area contributed by atoms with Gasteiger partial charge in [-0.25, -0.2) is 0 Å². The highest BCUT2D eigenvalue weighted by Crippen LogP contribution is 2.35. The molecule has 2 unspecified atom stereocenters. The Labute approximate surface area is 118 Å². The number of halogens is 1. The molecule has 6 heteroatoms. The van der Waals surface area contributed by atoms with Gasteiger partial charge in [0.1, 0.15) is 0 Å². The van der Waals surface area contributed by atoms with Crippen LogP contribution in [0.5, 0.6) is 0 Å². The fourth-order valence-corrected chi connectivity index (χ4v) is 3.82. The Balaban J connectivity index is 2.12. The molecule has 18 heavy (non-hydrogen) atoms. The van der Waals surface area contributed by atoms with E-state index >= 15 is 0 Å². The molecule has 2 N–H and O–H groups in total. The normalized spacial score (nSPS) is 21.7. The van der Waals surface area contributed by atoms with Crippen LogP contribution in [0.15, 0.2) is 6.20 Å². The minimum Gasteiger partial charge on any atom is -0.322 e. The highest BCUT2D eigenvalue weighted by Gasteiger charge is 2.28. The van der Waals surface area contributed by atoms with Gasteiger partial charge in [-0.05, 0) is 37.9 Å². The maximum atomic E-state index is 6.38. The second kappa shape index (κ2) is 6.28. The van der Waals surface area contributed by atoms with Gasteiger partial charge in [0.15, 0.2) is 0 Å². The Morgan fingerprint density at radius 1 is 1.67 bits per heavy atom. The summed E-state index contributed by atoms with van der Waals surface area (Å²) in [6, 6.07) is 0.0113. The molecular weight excluding hydrogens is 268 g/mol. The SMILES string of the molecule is CN(C)CCn1ncc(Cl)c1C(N)C1CCSC1. The molecule has 0 spiro atoms. The van der Waals surface area contributed by atoms with Gasteiger partial charge in [-0.1, -0.05) is 11.6 Å². The second-order valence-electron chi connectivity index (χ2n) is 5.05. The lowest BCUT2D eigenvalue weighted by Crippen LogP contribution is -2.27. The van der Waals surface area contributed by atoms with Crippen molar-refractivity contribution in [3.05, 3.63) is 16.9 Å². The first kappa shape index (κ1) is 14.2. The van der Waals surface area contributed by atoms with E-state index in [4.69, 9.17) is 17.3 Å². The van der Waals surface area contributed by atoms with Crippen molar-refractivity contribution in [1.82, 2.24) is 14.7 Å². The molecule has 1 aromatic heterocycles. The molecule has 0 aromatic carbocycles. The van der Waals surface area contributed by atoms with Gasteiger partial charge in [0, 0.05) is 6.54 Å². The number of hydrogen-bond donors (Lipinski definition) is 1. The van der Waals surface area contributed by atoms with Gasteiger partial charge < -0.3 is 10.6 Å². The maximum Gasteiger partial charge on any atom is 0.0834 e. The highest BCUT2D eigenvalue weighted by molar-refractivity contribution is 7.99. The molecule has 1 aliphatic rings. The third-order valence-corrected chi connectivity index (χ3v) is 4.86. The van der Waals surface area contributed by atoms with Crippen LogP contribution in [0.25, 0.3) is 0 Å². The van der Waals surface area contributed by atoms with Crippen molar-refractivity contribution in [3.8, 4) is 0 Å². The van der Waals surface area contributed by atoms with E-state index in [0.29, 0.717) is 10.9 Å². The fourth-order valence-electron chi connectivity index (χ4n) is 2.24. The summed E-state index contributed by atoms with van der Waals surface area (Å²) >= 11 is 8.23. The standard InChI is InChI=1S/C12H21ClN4S/c1-16(2)4-5-17-12(10(13)7-15-17)11(14)9-3-6-18-8-9/h7,9,11H,3-6,8,14H2,1-2H3. The summed E-state index contributed by atoms with van der Waals surface area (Å²) in [5, 5.41) is 5.06. The Kier molecular flexibility index (Phi) is 4.95. The van der Waals surface area contributed by atoms with Crippen LogP contribution in [0.1, 0.15) is 18.2 Å². The largest absolute Gasteiger partial charge is 0.322 e. The van der Waals surface area contributed by atoms with E-state index in [1.165, 1.54) is 12.2 Å². The molecule has 2 rings (SSSR count). The number of hydrogen-bond acceptors (Lipinski definition) is 4. The van der Waals surface area contributed by atoms with Crippen LogP contribution in [0, 0.1) is 5.92 Å². The molecule has 2 heterocycles. The third kappa shape index (κ3) is 3.20. The number of nitrogens with two attached hydrogens (primary N) is 1. The molecule has 1 aromatic rings. The molecule has 0 bridgehead atoms. The highest BCUT2D eigenvalue weighted by atomic mass is 35.5. The van der Waals surface area contributed by atoms with Crippen LogP contribution in [0.4, 0.5) is 0 Å². The number of aromatic nitrogens is 2. The summed E-state index contributed by atoms with van der Waals surface area (Å²) in [7, 11) is 4.11. The smallest absolute Gasteiger partial charge is 0.0834 e. The molecular formula is C12H21ClN4S. The zero-order chi connectivity index (χ0) is 13.1. The van der Waals surface area contributed by atoms with Crippen molar-refractivity contribution in [2.75, 3.05) is 32.1 Å². The topological polar surface area (TPSA) is 47.1 Å². The van der Waals surface area contributed by atoms with Crippen LogP contribution >= 0.6 is 23.4 Å². The van der Waals surface area contributed by atoms with E-state index in [-0.39, 0.29) is 6.04 Å². The second-order valence-corrected chi connectivity index (χ2v) is 6.61. The van der Waals surface area contributed by atoms with Crippen LogP contribution in [0.2, 0.25) is 5.02 Å². The minimum atomic E-state index is 0.0113. The summed E-state index contributed by atoms with van der Waals surface area (Å²) in [4.78, 5) is 2.14. The van der Waals surface area contributed by atoms with Crippen molar-refractivity contribution < 1.29 is 0 Å².